The van der Waals surface area contributed by atoms with Crippen molar-refractivity contribution in [3.8, 4) is 5.75 Å². The van der Waals surface area contributed by atoms with Crippen LogP contribution in [-0.2, 0) is 6.42 Å². The highest BCUT2D eigenvalue weighted by molar-refractivity contribution is 5.85. The summed E-state index contributed by atoms with van der Waals surface area (Å²) >= 11 is 0. The van der Waals surface area contributed by atoms with Gasteiger partial charge in [0.1, 0.15) is 5.75 Å². The lowest BCUT2D eigenvalue weighted by atomic mass is 9.91. The summed E-state index contributed by atoms with van der Waals surface area (Å²) in [5.74, 6) is 0.470. The Morgan fingerprint density at radius 2 is 1.68 bits per heavy atom. The maximum absolute atomic E-state index is 12.0. The fourth-order valence-electron chi connectivity index (χ4n) is 2.25. The highest BCUT2D eigenvalue weighted by atomic mass is 35.5. The Bertz CT molecular complexity index is 374. The molecule has 1 aromatic rings. The van der Waals surface area contributed by atoms with Crippen molar-refractivity contribution in [2.45, 2.75) is 25.6 Å². The van der Waals surface area contributed by atoms with Crippen molar-refractivity contribution in [1.82, 2.24) is 5.32 Å². The largest absolute Gasteiger partial charge is 0.573 e. The number of hydrogen-bond donors (Lipinski definition) is 1. The smallest absolute Gasteiger partial charge is 0.406 e. The third-order valence-corrected chi connectivity index (χ3v) is 3.14. The van der Waals surface area contributed by atoms with Gasteiger partial charge in [0.05, 0.1) is 0 Å². The lowest BCUT2D eigenvalue weighted by Gasteiger charge is -2.22. The molecule has 0 saturated carbocycles. The van der Waals surface area contributed by atoms with Gasteiger partial charge in [-0.15, -0.1) is 25.6 Å². The Kier molecular flexibility index (Phi) is 5.94. The zero-order valence-corrected chi connectivity index (χ0v) is 11.2. The maximum Gasteiger partial charge on any atom is 0.573 e. The van der Waals surface area contributed by atoms with E-state index in [4.69, 9.17) is 0 Å². The molecule has 0 aromatic heterocycles. The fourth-order valence-corrected chi connectivity index (χ4v) is 2.25. The molecule has 0 unspecified atom stereocenters. The van der Waals surface area contributed by atoms with Gasteiger partial charge in [-0.2, -0.15) is 0 Å². The molecule has 2 rings (SSSR count). The molecule has 6 heteroatoms. The van der Waals surface area contributed by atoms with E-state index in [0.717, 1.165) is 37.9 Å². The number of nitrogens with one attached hydrogen (secondary N) is 1. The van der Waals surface area contributed by atoms with E-state index in [-0.39, 0.29) is 18.2 Å². The number of rotatable bonds is 3. The first-order valence-electron chi connectivity index (χ1n) is 6.08. The summed E-state index contributed by atoms with van der Waals surface area (Å²) in [5, 5.41) is 3.29. The van der Waals surface area contributed by atoms with Crippen molar-refractivity contribution in [2.24, 2.45) is 5.92 Å². The molecule has 0 spiro atoms. The average molecular weight is 296 g/mol. The molecule has 1 saturated heterocycles. The molecule has 1 N–H and O–H groups in total. The van der Waals surface area contributed by atoms with E-state index in [9.17, 15) is 13.2 Å². The van der Waals surface area contributed by atoms with Crippen LogP contribution in [0.5, 0.6) is 5.75 Å². The van der Waals surface area contributed by atoms with Crippen LogP contribution in [-0.4, -0.2) is 19.5 Å². The van der Waals surface area contributed by atoms with Gasteiger partial charge in [0.15, 0.2) is 0 Å². The van der Waals surface area contributed by atoms with Gasteiger partial charge >= 0.3 is 6.36 Å². The van der Waals surface area contributed by atoms with Gasteiger partial charge < -0.3 is 10.1 Å². The van der Waals surface area contributed by atoms with Gasteiger partial charge in [-0.1, -0.05) is 12.1 Å². The number of benzene rings is 1. The molecule has 1 fully saturated rings. The van der Waals surface area contributed by atoms with E-state index in [1.807, 2.05) is 0 Å². The van der Waals surface area contributed by atoms with Crippen LogP contribution in [0.4, 0.5) is 13.2 Å². The van der Waals surface area contributed by atoms with E-state index in [0.29, 0.717) is 5.92 Å². The van der Waals surface area contributed by atoms with E-state index < -0.39 is 6.36 Å². The normalized spacial score (nSPS) is 16.8. The van der Waals surface area contributed by atoms with E-state index in [1.165, 1.54) is 12.1 Å². The number of ether oxygens (including phenoxy) is 1. The van der Waals surface area contributed by atoms with Crippen LogP contribution in [0, 0.1) is 5.92 Å². The van der Waals surface area contributed by atoms with Crippen LogP contribution < -0.4 is 10.1 Å². The molecule has 1 aliphatic heterocycles. The van der Waals surface area contributed by atoms with Crippen LogP contribution in [0.3, 0.4) is 0 Å². The van der Waals surface area contributed by atoms with E-state index in [1.54, 1.807) is 12.1 Å². The first kappa shape index (κ1) is 16.1. The van der Waals surface area contributed by atoms with Crippen LogP contribution in [0.1, 0.15) is 18.4 Å². The molecule has 0 amide bonds. The molecule has 1 heterocycles. The number of hydrogen-bond acceptors (Lipinski definition) is 2. The van der Waals surface area contributed by atoms with Crippen molar-refractivity contribution in [3.63, 3.8) is 0 Å². The molecule has 0 aliphatic carbocycles. The van der Waals surface area contributed by atoms with Gasteiger partial charge in [0.25, 0.3) is 0 Å². The van der Waals surface area contributed by atoms with Crippen molar-refractivity contribution in [3.05, 3.63) is 29.8 Å². The Balaban J connectivity index is 0.00000180. The first-order valence-corrected chi connectivity index (χ1v) is 6.08. The second-order valence-corrected chi connectivity index (χ2v) is 4.59. The Morgan fingerprint density at radius 1 is 1.11 bits per heavy atom. The van der Waals surface area contributed by atoms with Crippen LogP contribution in [0.2, 0.25) is 0 Å². The monoisotopic (exact) mass is 295 g/mol. The third-order valence-electron chi connectivity index (χ3n) is 3.14. The zero-order valence-electron chi connectivity index (χ0n) is 10.4. The molecule has 19 heavy (non-hydrogen) atoms. The standard InChI is InChI=1S/C13H16F3NO.ClH/c14-13(15,16)18-12-3-1-10(2-4-12)9-11-5-7-17-8-6-11;/h1-4,11,17H,5-9H2;1H. The van der Waals surface area contributed by atoms with Crippen molar-refractivity contribution >= 4 is 12.4 Å². The lowest BCUT2D eigenvalue weighted by Crippen LogP contribution is -2.28. The van der Waals surface area contributed by atoms with Gasteiger partial charge in [-0.25, -0.2) is 0 Å². The van der Waals surface area contributed by atoms with Crippen molar-refractivity contribution in [1.29, 1.82) is 0 Å². The molecule has 0 radical (unpaired) electrons. The highest BCUT2D eigenvalue weighted by Crippen LogP contribution is 2.24. The SMILES string of the molecule is Cl.FC(F)(F)Oc1ccc(CC2CCNCC2)cc1. The van der Waals surface area contributed by atoms with Crippen LogP contribution in [0.15, 0.2) is 24.3 Å². The summed E-state index contributed by atoms with van der Waals surface area (Å²) in [6, 6.07) is 6.18. The predicted molar refractivity (Wildman–Crippen MR) is 69.7 cm³/mol. The van der Waals surface area contributed by atoms with Gasteiger partial charge in [0, 0.05) is 0 Å². The minimum Gasteiger partial charge on any atom is -0.406 e. The second kappa shape index (κ2) is 7.01. The van der Waals surface area contributed by atoms with Gasteiger partial charge in [0.2, 0.25) is 0 Å². The molecule has 1 aliphatic rings. The number of piperidine rings is 1. The van der Waals surface area contributed by atoms with Gasteiger partial charge in [-0.05, 0) is 56.0 Å². The van der Waals surface area contributed by atoms with Gasteiger partial charge in [-0.3, -0.25) is 0 Å². The number of alkyl halides is 3. The Labute approximate surface area is 116 Å². The topological polar surface area (TPSA) is 21.3 Å². The molecular weight excluding hydrogens is 279 g/mol. The summed E-state index contributed by atoms with van der Waals surface area (Å²) in [4.78, 5) is 0. The number of halogens is 4. The fraction of sp³-hybridized carbons (Fsp3) is 0.538. The maximum atomic E-state index is 12.0. The molecular formula is C13H17ClF3NO. The molecule has 2 nitrogen and oxygen atoms in total. The summed E-state index contributed by atoms with van der Waals surface area (Å²) in [5.41, 5.74) is 1.07. The van der Waals surface area contributed by atoms with E-state index >= 15 is 0 Å². The third kappa shape index (κ3) is 5.70. The minimum absolute atomic E-state index is 0. The summed E-state index contributed by atoms with van der Waals surface area (Å²) in [7, 11) is 0. The Morgan fingerprint density at radius 3 is 2.21 bits per heavy atom. The van der Waals surface area contributed by atoms with Crippen molar-refractivity contribution in [2.75, 3.05) is 13.1 Å². The molecule has 1 aromatic carbocycles. The highest BCUT2D eigenvalue weighted by Gasteiger charge is 2.30. The quantitative estimate of drug-likeness (QED) is 0.921. The molecule has 0 atom stereocenters. The zero-order chi connectivity index (χ0) is 13.0. The second-order valence-electron chi connectivity index (χ2n) is 4.59. The van der Waals surface area contributed by atoms with E-state index in [2.05, 4.69) is 10.1 Å². The van der Waals surface area contributed by atoms with Crippen LogP contribution >= 0.6 is 12.4 Å². The molecule has 108 valence electrons. The summed E-state index contributed by atoms with van der Waals surface area (Å²) < 4.78 is 39.8. The predicted octanol–water partition coefficient (Wildman–Crippen LogP) is 3.55. The minimum atomic E-state index is -4.61. The first-order chi connectivity index (χ1) is 8.53. The Hall–Kier alpha value is -0.940. The van der Waals surface area contributed by atoms with Crippen LogP contribution in [0.25, 0.3) is 0 Å². The average Bonchev–Trinajstić information content (AvgIpc) is 2.31. The lowest BCUT2D eigenvalue weighted by molar-refractivity contribution is -0.274. The summed E-state index contributed by atoms with van der Waals surface area (Å²) in [6.45, 7) is 2.06. The van der Waals surface area contributed by atoms with Crippen molar-refractivity contribution < 1.29 is 17.9 Å². The molecule has 0 bridgehead atoms. The summed E-state index contributed by atoms with van der Waals surface area (Å²) in [6.07, 6.45) is -1.44.